The summed E-state index contributed by atoms with van der Waals surface area (Å²) in [6.45, 7) is 2.02. The number of rotatable bonds is 3. The summed E-state index contributed by atoms with van der Waals surface area (Å²) in [4.78, 5) is 11.7. The molecule has 24 heavy (non-hydrogen) atoms. The van der Waals surface area contributed by atoms with Crippen molar-refractivity contribution < 1.29 is 18.0 Å². The summed E-state index contributed by atoms with van der Waals surface area (Å²) in [7, 11) is 0. The first-order valence-corrected chi connectivity index (χ1v) is 8.03. The molecule has 3 rings (SSSR count). The van der Waals surface area contributed by atoms with E-state index in [1.807, 2.05) is 13.0 Å². The van der Waals surface area contributed by atoms with Gasteiger partial charge < -0.3 is 5.73 Å². The number of allylic oxidation sites excluding steroid dienone is 3. The number of fused-ring (bicyclic) bond motifs is 1. The minimum Gasteiger partial charge on any atom is -0.369 e. The molecule has 2 N–H and O–H groups in total. The van der Waals surface area contributed by atoms with Gasteiger partial charge in [0.2, 0.25) is 5.91 Å². The van der Waals surface area contributed by atoms with Crippen LogP contribution in [0.2, 0.25) is 0 Å². The predicted octanol–water partition coefficient (Wildman–Crippen LogP) is 3.01. The Balaban J connectivity index is 2.01. The second-order valence-electron chi connectivity index (χ2n) is 6.77. The molecule has 4 nitrogen and oxygen atoms in total. The molecular formula is C17H20F3N3O. The molecule has 2 aliphatic carbocycles. The number of alkyl halides is 3. The predicted molar refractivity (Wildman–Crippen MR) is 82.9 cm³/mol. The van der Waals surface area contributed by atoms with Crippen molar-refractivity contribution in [3.63, 3.8) is 0 Å². The van der Waals surface area contributed by atoms with Gasteiger partial charge in [-0.25, -0.2) is 0 Å². The fourth-order valence-corrected chi connectivity index (χ4v) is 3.70. The highest BCUT2D eigenvalue weighted by Crippen LogP contribution is 2.39. The molecule has 2 unspecified atom stereocenters. The van der Waals surface area contributed by atoms with Crippen LogP contribution in [0.4, 0.5) is 13.2 Å². The van der Waals surface area contributed by atoms with Crippen LogP contribution >= 0.6 is 0 Å². The van der Waals surface area contributed by atoms with Crippen LogP contribution in [0.3, 0.4) is 0 Å². The molecule has 0 aromatic carbocycles. The summed E-state index contributed by atoms with van der Waals surface area (Å²) in [5, 5.41) is 3.88. The van der Waals surface area contributed by atoms with Gasteiger partial charge in [0.15, 0.2) is 5.69 Å². The number of halogens is 3. The van der Waals surface area contributed by atoms with Gasteiger partial charge in [0.25, 0.3) is 0 Å². The largest absolute Gasteiger partial charge is 0.435 e. The van der Waals surface area contributed by atoms with Crippen LogP contribution < -0.4 is 5.73 Å². The number of primary amides is 1. The molecular weight excluding hydrogens is 319 g/mol. The van der Waals surface area contributed by atoms with Gasteiger partial charge in [0.05, 0.1) is 12.5 Å². The van der Waals surface area contributed by atoms with E-state index >= 15 is 0 Å². The van der Waals surface area contributed by atoms with Crippen molar-refractivity contribution in [2.45, 2.75) is 45.3 Å². The molecule has 0 saturated carbocycles. The molecule has 7 heteroatoms. The maximum atomic E-state index is 13.3. The maximum Gasteiger partial charge on any atom is 0.435 e. The Bertz CT molecular complexity index is 717. The van der Waals surface area contributed by atoms with E-state index in [4.69, 9.17) is 5.73 Å². The lowest BCUT2D eigenvalue weighted by Gasteiger charge is -2.34. The Morgan fingerprint density at radius 3 is 2.75 bits per heavy atom. The van der Waals surface area contributed by atoms with E-state index < -0.39 is 29.1 Å². The van der Waals surface area contributed by atoms with Gasteiger partial charge in [-0.2, -0.15) is 18.3 Å². The Morgan fingerprint density at radius 1 is 1.38 bits per heavy atom. The third-order valence-electron chi connectivity index (χ3n) is 4.92. The number of nitrogens with two attached hydrogens (primary N) is 1. The summed E-state index contributed by atoms with van der Waals surface area (Å²) in [6, 6.07) is 0. The van der Waals surface area contributed by atoms with Gasteiger partial charge in [0, 0.05) is 16.7 Å². The molecule has 2 aliphatic rings. The summed E-state index contributed by atoms with van der Waals surface area (Å²) in [5.74, 6) is -1.06. The van der Waals surface area contributed by atoms with Crippen molar-refractivity contribution in [2.24, 2.45) is 17.1 Å². The van der Waals surface area contributed by atoms with E-state index in [1.54, 1.807) is 18.2 Å². The molecule has 1 aromatic heterocycles. The second-order valence-corrected chi connectivity index (χ2v) is 6.77. The number of aromatic nitrogens is 2. The number of hydrogen-bond acceptors (Lipinski definition) is 2. The van der Waals surface area contributed by atoms with Crippen molar-refractivity contribution in [3.8, 4) is 0 Å². The van der Waals surface area contributed by atoms with Crippen molar-refractivity contribution in [2.75, 3.05) is 0 Å². The number of hydrogen-bond donors (Lipinski definition) is 1. The van der Waals surface area contributed by atoms with Crippen LogP contribution in [0.5, 0.6) is 0 Å². The molecule has 2 atom stereocenters. The SMILES string of the molecule is CC1(Cn2nc(C(F)(F)F)c3c2CCCC3)C=CC=CC1C(N)=O. The Labute approximate surface area is 138 Å². The van der Waals surface area contributed by atoms with E-state index in [-0.39, 0.29) is 6.54 Å². The second kappa shape index (κ2) is 5.79. The minimum atomic E-state index is -4.46. The highest BCUT2D eigenvalue weighted by atomic mass is 19.4. The number of nitrogens with zero attached hydrogens (tertiary/aromatic N) is 2. The first-order valence-electron chi connectivity index (χ1n) is 8.03. The van der Waals surface area contributed by atoms with E-state index in [0.717, 1.165) is 12.8 Å². The molecule has 0 radical (unpaired) electrons. The van der Waals surface area contributed by atoms with Gasteiger partial charge >= 0.3 is 6.18 Å². The molecule has 1 heterocycles. The van der Waals surface area contributed by atoms with E-state index in [2.05, 4.69) is 5.10 Å². The first-order chi connectivity index (χ1) is 11.2. The zero-order valence-corrected chi connectivity index (χ0v) is 13.4. The highest BCUT2D eigenvalue weighted by Gasteiger charge is 2.42. The van der Waals surface area contributed by atoms with Gasteiger partial charge in [0.1, 0.15) is 0 Å². The Kier molecular flexibility index (Phi) is 4.05. The van der Waals surface area contributed by atoms with E-state index in [1.165, 1.54) is 4.68 Å². The van der Waals surface area contributed by atoms with Crippen LogP contribution in [-0.2, 0) is 30.4 Å². The van der Waals surface area contributed by atoms with Crippen LogP contribution in [0.25, 0.3) is 0 Å². The Morgan fingerprint density at radius 2 is 2.08 bits per heavy atom. The normalized spacial score (nSPS) is 26.4. The van der Waals surface area contributed by atoms with Gasteiger partial charge in [-0.1, -0.05) is 31.2 Å². The van der Waals surface area contributed by atoms with Gasteiger partial charge in [-0.05, 0) is 25.7 Å². The molecule has 0 fully saturated rings. The third kappa shape index (κ3) is 2.87. The quantitative estimate of drug-likeness (QED) is 0.920. The average molecular weight is 339 g/mol. The lowest BCUT2D eigenvalue weighted by molar-refractivity contribution is -0.142. The van der Waals surface area contributed by atoms with Gasteiger partial charge in [-0.15, -0.1) is 0 Å². The molecule has 1 aromatic rings. The molecule has 0 bridgehead atoms. The maximum absolute atomic E-state index is 13.3. The fourth-order valence-electron chi connectivity index (χ4n) is 3.70. The minimum absolute atomic E-state index is 0.194. The van der Waals surface area contributed by atoms with Crippen LogP contribution in [-0.4, -0.2) is 15.7 Å². The van der Waals surface area contributed by atoms with Crippen LogP contribution in [0.15, 0.2) is 24.3 Å². The lowest BCUT2D eigenvalue weighted by Crippen LogP contribution is -2.39. The van der Waals surface area contributed by atoms with E-state index in [0.29, 0.717) is 24.1 Å². The molecule has 0 saturated heterocycles. The zero-order valence-electron chi connectivity index (χ0n) is 13.4. The van der Waals surface area contributed by atoms with Crippen LogP contribution in [0.1, 0.15) is 36.7 Å². The summed E-state index contributed by atoms with van der Waals surface area (Å²) >= 11 is 0. The summed E-state index contributed by atoms with van der Waals surface area (Å²) in [5.41, 5.74) is 4.94. The first kappa shape index (κ1) is 16.8. The van der Waals surface area contributed by atoms with Crippen molar-refractivity contribution in [3.05, 3.63) is 41.3 Å². The smallest absolute Gasteiger partial charge is 0.369 e. The lowest BCUT2D eigenvalue weighted by atomic mass is 9.74. The number of carbonyl (C=O) groups is 1. The van der Waals surface area contributed by atoms with Crippen molar-refractivity contribution in [1.82, 2.24) is 9.78 Å². The highest BCUT2D eigenvalue weighted by molar-refractivity contribution is 5.80. The van der Waals surface area contributed by atoms with Crippen LogP contribution in [0, 0.1) is 11.3 Å². The van der Waals surface area contributed by atoms with Crippen molar-refractivity contribution in [1.29, 1.82) is 0 Å². The zero-order chi connectivity index (χ0) is 17.5. The molecule has 0 spiro atoms. The molecule has 0 aliphatic heterocycles. The monoisotopic (exact) mass is 339 g/mol. The summed E-state index contributed by atoms with van der Waals surface area (Å²) < 4.78 is 41.3. The van der Waals surface area contributed by atoms with Gasteiger partial charge in [-0.3, -0.25) is 9.48 Å². The standard InChI is InChI=1S/C17H20F3N3O/c1-16(9-5-4-7-12(16)15(21)24)10-23-13-8-3-2-6-11(13)14(22-23)17(18,19)20/h4-5,7,9,12H,2-3,6,8,10H2,1H3,(H2,21,24). The molecule has 1 amide bonds. The average Bonchev–Trinajstić information content (AvgIpc) is 2.86. The topological polar surface area (TPSA) is 60.9 Å². The van der Waals surface area contributed by atoms with E-state index in [9.17, 15) is 18.0 Å². The Hall–Kier alpha value is -2.05. The number of amides is 1. The van der Waals surface area contributed by atoms with Crippen molar-refractivity contribution >= 4 is 5.91 Å². The molecule has 130 valence electrons. The fraction of sp³-hybridized carbons (Fsp3) is 0.529. The number of carbonyl (C=O) groups excluding carboxylic acids is 1. The third-order valence-corrected chi connectivity index (χ3v) is 4.92. The summed E-state index contributed by atoms with van der Waals surface area (Å²) in [6.07, 6.45) is 5.16.